The van der Waals surface area contributed by atoms with E-state index in [-0.39, 0.29) is 35.3 Å². The van der Waals surface area contributed by atoms with Gasteiger partial charge in [0.05, 0.1) is 12.2 Å². The Hall–Kier alpha value is -3.95. The number of rotatable bonds is 8. The number of aromatic nitrogens is 2. The molecular weight excluding hydrogens is 412 g/mol. The van der Waals surface area contributed by atoms with Crippen molar-refractivity contribution < 1.29 is 19.1 Å². The van der Waals surface area contributed by atoms with Gasteiger partial charge in [0, 0.05) is 36.7 Å². The summed E-state index contributed by atoms with van der Waals surface area (Å²) in [7, 11) is 0. The summed E-state index contributed by atoms with van der Waals surface area (Å²) >= 11 is 0. The SMILES string of the molecule is C=CC(=O)N1CCC(Oc2cccc(Nc3cc(NC(=O)C4CC4)nnc3C(N)=O)c2)C1. The zero-order chi connectivity index (χ0) is 22.7. The molecule has 1 aliphatic carbocycles. The molecule has 1 unspecified atom stereocenters. The number of amides is 3. The quantitative estimate of drug-likeness (QED) is 0.536. The van der Waals surface area contributed by atoms with E-state index in [4.69, 9.17) is 10.5 Å². The van der Waals surface area contributed by atoms with Crippen molar-refractivity contribution in [3.05, 3.63) is 48.7 Å². The van der Waals surface area contributed by atoms with Crippen LogP contribution >= 0.6 is 0 Å². The molecule has 1 saturated heterocycles. The van der Waals surface area contributed by atoms with Crippen LogP contribution in [0.1, 0.15) is 29.8 Å². The third kappa shape index (κ3) is 5.02. The van der Waals surface area contributed by atoms with Gasteiger partial charge in [0.1, 0.15) is 11.9 Å². The summed E-state index contributed by atoms with van der Waals surface area (Å²) < 4.78 is 6.02. The average Bonchev–Trinajstić information content (AvgIpc) is 3.53. The molecule has 0 radical (unpaired) electrons. The van der Waals surface area contributed by atoms with Crippen LogP contribution in [0.5, 0.6) is 5.75 Å². The van der Waals surface area contributed by atoms with Crippen LogP contribution in [0.2, 0.25) is 0 Å². The van der Waals surface area contributed by atoms with E-state index in [2.05, 4.69) is 27.4 Å². The molecule has 2 aliphatic rings. The fourth-order valence-corrected chi connectivity index (χ4v) is 3.45. The van der Waals surface area contributed by atoms with Crippen LogP contribution in [-0.4, -0.2) is 52.0 Å². The van der Waals surface area contributed by atoms with Crippen molar-refractivity contribution in [1.82, 2.24) is 15.1 Å². The molecule has 1 aromatic carbocycles. The highest BCUT2D eigenvalue weighted by Gasteiger charge is 2.30. The van der Waals surface area contributed by atoms with Gasteiger partial charge in [0.15, 0.2) is 11.5 Å². The standard InChI is InChI=1S/C22H24N6O4/c1-2-19(29)28-9-8-16(12-28)32-15-5-3-4-14(10-15)24-17-11-18(25-22(31)13-6-7-13)26-27-20(17)21(23)30/h2-5,10-11,13,16H,1,6-9,12H2,(H2,23,30)(H2,24,25,26,31). The Morgan fingerprint density at radius 3 is 2.72 bits per heavy atom. The lowest BCUT2D eigenvalue weighted by Gasteiger charge is -2.17. The highest BCUT2D eigenvalue weighted by Crippen LogP contribution is 2.31. The van der Waals surface area contributed by atoms with Crippen LogP contribution in [0.4, 0.5) is 17.2 Å². The average molecular weight is 436 g/mol. The van der Waals surface area contributed by atoms with E-state index < -0.39 is 5.91 Å². The zero-order valence-corrected chi connectivity index (χ0v) is 17.4. The maximum Gasteiger partial charge on any atom is 0.271 e. The number of carbonyl (C=O) groups is 3. The number of primary amides is 1. The van der Waals surface area contributed by atoms with E-state index in [9.17, 15) is 14.4 Å². The molecule has 0 spiro atoms. The second kappa shape index (κ2) is 9.04. The van der Waals surface area contributed by atoms with Gasteiger partial charge in [0.25, 0.3) is 5.91 Å². The second-order valence-corrected chi connectivity index (χ2v) is 7.79. The van der Waals surface area contributed by atoms with Gasteiger partial charge in [-0.1, -0.05) is 12.6 Å². The summed E-state index contributed by atoms with van der Waals surface area (Å²) in [4.78, 5) is 37.3. The lowest BCUT2D eigenvalue weighted by atomic mass is 10.2. The minimum absolute atomic E-state index is 0.00569. The summed E-state index contributed by atoms with van der Waals surface area (Å²) in [5.74, 6) is -0.123. The van der Waals surface area contributed by atoms with Crippen LogP contribution in [-0.2, 0) is 9.59 Å². The fourth-order valence-electron chi connectivity index (χ4n) is 3.45. The minimum Gasteiger partial charge on any atom is -0.488 e. The number of hydrogen-bond donors (Lipinski definition) is 3. The molecule has 10 heteroatoms. The first-order chi connectivity index (χ1) is 15.4. The molecule has 2 aromatic rings. The Labute approximate surface area is 184 Å². The van der Waals surface area contributed by atoms with E-state index >= 15 is 0 Å². The summed E-state index contributed by atoms with van der Waals surface area (Å²) in [5.41, 5.74) is 6.34. The van der Waals surface area contributed by atoms with E-state index in [1.54, 1.807) is 23.1 Å². The number of ether oxygens (including phenoxy) is 1. The van der Waals surface area contributed by atoms with Gasteiger partial charge in [-0.3, -0.25) is 14.4 Å². The van der Waals surface area contributed by atoms with E-state index in [0.29, 0.717) is 30.2 Å². The lowest BCUT2D eigenvalue weighted by Crippen LogP contribution is -2.29. The predicted octanol–water partition coefficient (Wildman–Crippen LogP) is 1.83. The third-order valence-corrected chi connectivity index (χ3v) is 5.27. The molecule has 10 nitrogen and oxygen atoms in total. The molecule has 1 aliphatic heterocycles. The maximum atomic E-state index is 12.0. The Morgan fingerprint density at radius 2 is 2.00 bits per heavy atom. The number of nitrogens with two attached hydrogens (primary N) is 1. The van der Waals surface area contributed by atoms with Crippen molar-refractivity contribution in [3.63, 3.8) is 0 Å². The van der Waals surface area contributed by atoms with Gasteiger partial charge in [0.2, 0.25) is 11.8 Å². The van der Waals surface area contributed by atoms with Crippen LogP contribution in [0.25, 0.3) is 0 Å². The Morgan fingerprint density at radius 1 is 1.19 bits per heavy atom. The summed E-state index contributed by atoms with van der Waals surface area (Å²) in [6.45, 7) is 4.62. The monoisotopic (exact) mass is 436 g/mol. The molecule has 2 heterocycles. The van der Waals surface area contributed by atoms with Gasteiger partial charge >= 0.3 is 0 Å². The number of likely N-dealkylation sites (tertiary alicyclic amines) is 1. The number of nitrogens with one attached hydrogen (secondary N) is 2. The van der Waals surface area contributed by atoms with E-state index in [1.807, 2.05) is 6.07 Å². The summed E-state index contributed by atoms with van der Waals surface area (Å²) in [5, 5.41) is 13.6. The normalized spacial score (nSPS) is 17.5. The molecule has 1 saturated carbocycles. The van der Waals surface area contributed by atoms with Crippen molar-refractivity contribution in [1.29, 1.82) is 0 Å². The Kier molecular flexibility index (Phi) is 6.02. The molecule has 4 N–H and O–H groups in total. The van der Waals surface area contributed by atoms with Crippen molar-refractivity contribution in [2.24, 2.45) is 11.7 Å². The van der Waals surface area contributed by atoms with Gasteiger partial charge < -0.3 is 26.0 Å². The summed E-state index contributed by atoms with van der Waals surface area (Å²) in [6, 6.07) is 8.70. The number of hydrogen-bond acceptors (Lipinski definition) is 7. The van der Waals surface area contributed by atoms with Crippen molar-refractivity contribution in [2.75, 3.05) is 23.7 Å². The van der Waals surface area contributed by atoms with Crippen molar-refractivity contribution >= 4 is 34.9 Å². The van der Waals surface area contributed by atoms with E-state index in [0.717, 1.165) is 19.3 Å². The second-order valence-electron chi connectivity index (χ2n) is 7.79. The van der Waals surface area contributed by atoms with Crippen LogP contribution in [0.3, 0.4) is 0 Å². The highest BCUT2D eigenvalue weighted by atomic mass is 16.5. The van der Waals surface area contributed by atoms with Crippen molar-refractivity contribution in [2.45, 2.75) is 25.4 Å². The van der Waals surface area contributed by atoms with Crippen LogP contribution < -0.4 is 21.1 Å². The fraction of sp³-hybridized carbons (Fsp3) is 0.318. The van der Waals surface area contributed by atoms with Gasteiger partial charge in [-0.2, -0.15) is 0 Å². The first-order valence-corrected chi connectivity index (χ1v) is 10.4. The highest BCUT2D eigenvalue weighted by molar-refractivity contribution is 5.98. The molecule has 32 heavy (non-hydrogen) atoms. The first-order valence-electron chi connectivity index (χ1n) is 10.4. The number of anilines is 3. The largest absolute Gasteiger partial charge is 0.488 e. The van der Waals surface area contributed by atoms with Gasteiger partial charge in [-0.25, -0.2) is 0 Å². The minimum atomic E-state index is -0.745. The number of nitrogens with zero attached hydrogens (tertiary/aromatic N) is 3. The topological polar surface area (TPSA) is 140 Å². The van der Waals surface area contributed by atoms with Gasteiger partial charge in [-0.15, -0.1) is 10.2 Å². The zero-order valence-electron chi connectivity index (χ0n) is 17.4. The summed E-state index contributed by atoms with van der Waals surface area (Å²) in [6.07, 6.45) is 3.62. The molecule has 166 valence electrons. The van der Waals surface area contributed by atoms with E-state index in [1.165, 1.54) is 12.1 Å². The molecule has 1 atom stereocenters. The molecule has 0 bridgehead atoms. The number of carbonyl (C=O) groups excluding carboxylic acids is 3. The molecule has 3 amide bonds. The van der Waals surface area contributed by atoms with Crippen LogP contribution in [0, 0.1) is 5.92 Å². The molecule has 4 rings (SSSR count). The van der Waals surface area contributed by atoms with Crippen LogP contribution in [0.15, 0.2) is 43.0 Å². The smallest absolute Gasteiger partial charge is 0.271 e. The molecular formula is C22H24N6O4. The Balaban J connectivity index is 1.47. The lowest BCUT2D eigenvalue weighted by molar-refractivity contribution is -0.125. The number of benzene rings is 1. The first kappa shape index (κ1) is 21.3. The third-order valence-electron chi connectivity index (χ3n) is 5.27. The van der Waals surface area contributed by atoms with Crippen molar-refractivity contribution in [3.8, 4) is 5.75 Å². The Bertz CT molecular complexity index is 1070. The predicted molar refractivity (Wildman–Crippen MR) is 117 cm³/mol. The molecule has 1 aromatic heterocycles. The maximum absolute atomic E-state index is 12.0. The van der Waals surface area contributed by atoms with Gasteiger partial charge in [-0.05, 0) is 31.1 Å². The molecule has 2 fully saturated rings.